The molecule has 172 valence electrons. The zero-order valence-electron chi connectivity index (χ0n) is 17.9. The van der Waals surface area contributed by atoms with E-state index in [4.69, 9.17) is 14.3 Å². The van der Waals surface area contributed by atoms with Gasteiger partial charge in [-0.2, -0.15) is 0 Å². The third-order valence-electron chi connectivity index (χ3n) is 5.90. The van der Waals surface area contributed by atoms with E-state index in [0.29, 0.717) is 28.1 Å². The van der Waals surface area contributed by atoms with Crippen LogP contribution in [0.15, 0.2) is 53.7 Å². The topological polar surface area (TPSA) is 144 Å². The standard InChI is InChI=1S/C22H23N5O6/c1-22(30)16(10-32-13-5-3-12-4-6-17(28)25-15(12)9-13)33-21(18(22)29)27-8-7-14-19(26-31-2)23-11-24-20(14)27/h3-9,11,16,18,21,29-30H,10H2,1-2H3,(H,25,28)(H,23,24,26)/t16-,18+,21-,22-/m1/s1. The van der Waals surface area contributed by atoms with E-state index in [-0.39, 0.29) is 12.2 Å². The van der Waals surface area contributed by atoms with Gasteiger partial charge in [0.15, 0.2) is 12.0 Å². The fourth-order valence-corrected chi connectivity index (χ4v) is 4.03. The second-order valence-corrected chi connectivity index (χ2v) is 8.06. The molecule has 4 heterocycles. The summed E-state index contributed by atoms with van der Waals surface area (Å²) in [6, 6.07) is 10.2. The number of aromatic nitrogens is 4. The molecule has 4 aromatic rings. The summed E-state index contributed by atoms with van der Waals surface area (Å²) < 4.78 is 13.5. The summed E-state index contributed by atoms with van der Waals surface area (Å²) in [6.07, 6.45) is 0.0869. The number of H-pyrrole nitrogens is 1. The number of nitrogens with one attached hydrogen (secondary N) is 2. The highest BCUT2D eigenvalue weighted by Crippen LogP contribution is 2.39. The number of hydrogen-bond acceptors (Lipinski definition) is 9. The van der Waals surface area contributed by atoms with Crippen molar-refractivity contribution < 1.29 is 24.5 Å². The Labute approximate surface area is 187 Å². The molecule has 1 aliphatic rings. The van der Waals surface area contributed by atoms with E-state index in [0.717, 1.165) is 5.39 Å². The molecule has 11 heteroatoms. The first kappa shape index (κ1) is 21.3. The number of aromatic amines is 1. The van der Waals surface area contributed by atoms with Crippen LogP contribution in [0.4, 0.5) is 5.82 Å². The van der Waals surface area contributed by atoms with Gasteiger partial charge >= 0.3 is 0 Å². The van der Waals surface area contributed by atoms with E-state index in [1.54, 1.807) is 35.0 Å². The molecule has 0 aliphatic carbocycles. The number of rotatable bonds is 6. The van der Waals surface area contributed by atoms with Crippen LogP contribution in [-0.2, 0) is 9.57 Å². The lowest BCUT2D eigenvalue weighted by molar-refractivity contribution is -0.0765. The van der Waals surface area contributed by atoms with Crippen LogP contribution in [0.25, 0.3) is 21.9 Å². The molecule has 0 unspecified atom stereocenters. The van der Waals surface area contributed by atoms with Crippen LogP contribution < -0.4 is 15.8 Å². The minimum atomic E-state index is -1.59. The van der Waals surface area contributed by atoms with Gasteiger partial charge < -0.3 is 29.2 Å². The molecule has 1 saturated heterocycles. The molecule has 0 saturated carbocycles. The summed E-state index contributed by atoms with van der Waals surface area (Å²) in [5, 5.41) is 23.4. The van der Waals surface area contributed by atoms with Crippen LogP contribution >= 0.6 is 0 Å². The minimum Gasteiger partial charge on any atom is -0.491 e. The van der Waals surface area contributed by atoms with Crippen molar-refractivity contribution in [3.63, 3.8) is 0 Å². The molecule has 1 fully saturated rings. The predicted molar refractivity (Wildman–Crippen MR) is 119 cm³/mol. The zero-order chi connectivity index (χ0) is 23.2. The molecule has 0 spiro atoms. The largest absolute Gasteiger partial charge is 0.491 e. The molecule has 1 aromatic carbocycles. The third kappa shape index (κ3) is 3.70. The van der Waals surface area contributed by atoms with E-state index in [1.165, 1.54) is 26.4 Å². The fourth-order valence-electron chi connectivity index (χ4n) is 4.03. The number of nitrogens with zero attached hydrogens (tertiary/aromatic N) is 3. The number of anilines is 1. The first-order valence-electron chi connectivity index (χ1n) is 10.3. The van der Waals surface area contributed by atoms with Crippen LogP contribution in [0.5, 0.6) is 5.75 Å². The van der Waals surface area contributed by atoms with Crippen molar-refractivity contribution in [1.82, 2.24) is 19.5 Å². The van der Waals surface area contributed by atoms with E-state index in [9.17, 15) is 15.0 Å². The lowest BCUT2D eigenvalue weighted by atomic mass is 9.95. The Morgan fingerprint density at radius 1 is 1.27 bits per heavy atom. The molecule has 33 heavy (non-hydrogen) atoms. The summed E-state index contributed by atoms with van der Waals surface area (Å²) in [5.74, 6) is 0.964. The summed E-state index contributed by atoms with van der Waals surface area (Å²) in [6.45, 7) is 1.48. The summed E-state index contributed by atoms with van der Waals surface area (Å²) >= 11 is 0. The van der Waals surface area contributed by atoms with Crippen molar-refractivity contribution in [1.29, 1.82) is 0 Å². The maximum Gasteiger partial charge on any atom is 0.248 e. The Morgan fingerprint density at radius 3 is 2.91 bits per heavy atom. The quantitative estimate of drug-likeness (QED) is 0.318. The smallest absolute Gasteiger partial charge is 0.248 e. The van der Waals surface area contributed by atoms with Crippen molar-refractivity contribution >= 4 is 27.8 Å². The maximum atomic E-state index is 11.6. The van der Waals surface area contributed by atoms with Gasteiger partial charge in [0, 0.05) is 18.3 Å². The molecule has 3 aromatic heterocycles. The molecular formula is C22H23N5O6. The van der Waals surface area contributed by atoms with E-state index in [1.807, 2.05) is 6.07 Å². The monoisotopic (exact) mass is 453 g/mol. The molecule has 0 radical (unpaired) electrons. The highest BCUT2D eigenvalue weighted by molar-refractivity contribution is 5.87. The molecule has 11 nitrogen and oxygen atoms in total. The Morgan fingerprint density at radius 2 is 2.09 bits per heavy atom. The molecule has 4 N–H and O–H groups in total. The van der Waals surface area contributed by atoms with Gasteiger partial charge in [0.1, 0.15) is 42.1 Å². The fraction of sp³-hybridized carbons (Fsp3) is 0.318. The predicted octanol–water partition coefficient (Wildman–Crippen LogP) is 1.33. The SMILES string of the molecule is CONc1ncnc2c1ccn2[C@@H]1O[C@H](COc2ccc3ccc(=O)[nH]c3c2)[C@@](C)(O)[C@H]1O. The summed E-state index contributed by atoms with van der Waals surface area (Å²) in [5.41, 5.74) is 2.03. The van der Waals surface area contributed by atoms with Gasteiger partial charge in [-0.15, -0.1) is 0 Å². The summed E-state index contributed by atoms with van der Waals surface area (Å²) in [4.78, 5) is 27.7. The molecule has 5 rings (SSSR count). The lowest BCUT2D eigenvalue weighted by Gasteiger charge is -2.26. The van der Waals surface area contributed by atoms with Crippen LogP contribution in [0.1, 0.15) is 13.2 Å². The van der Waals surface area contributed by atoms with Crippen molar-refractivity contribution in [2.24, 2.45) is 0 Å². The average Bonchev–Trinajstić information content (AvgIpc) is 3.32. The molecular weight excluding hydrogens is 430 g/mol. The second kappa shape index (κ2) is 8.12. The maximum absolute atomic E-state index is 11.6. The van der Waals surface area contributed by atoms with Crippen molar-refractivity contribution in [2.45, 2.75) is 31.0 Å². The highest BCUT2D eigenvalue weighted by Gasteiger charge is 2.53. The van der Waals surface area contributed by atoms with Gasteiger partial charge in [0.2, 0.25) is 5.56 Å². The molecule has 0 amide bonds. The molecule has 4 atom stereocenters. The zero-order valence-corrected chi connectivity index (χ0v) is 17.9. The second-order valence-electron chi connectivity index (χ2n) is 8.06. The van der Waals surface area contributed by atoms with Gasteiger partial charge in [0.05, 0.1) is 18.0 Å². The van der Waals surface area contributed by atoms with Crippen LogP contribution in [-0.4, -0.2) is 61.3 Å². The average molecular weight is 453 g/mol. The number of pyridine rings is 1. The number of aliphatic hydroxyl groups is 2. The number of ether oxygens (including phenoxy) is 2. The van der Waals surface area contributed by atoms with E-state index < -0.39 is 24.0 Å². The van der Waals surface area contributed by atoms with Crippen LogP contribution in [0.2, 0.25) is 0 Å². The number of hydrogen-bond donors (Lipinski definition) is 4. The van der Waals surface area contributed by atoms with Gasteiger partial charge in [-0.05, 0) is 36.6 Å². The van der Waals surface area contributed by atoms with Crippen LogP contribution in [0.3, 0.4) is 0 Å². The number of fused-ring (bicyclic) bond motifs is 2. The summed E-state index contributed by atoms with van der Waals surface area (Å²) in [7, 11) is 1.48. The normalized spacial score (nSPS) is 25.0. The Kier molecular flexibility index (Phi) is 5.25. The van der Waals surface area contributed by atoms with Crippen molar-refractivity contribution in [3.8, 4) is 5.75 Å². The number of aliphatic hydroxyl groups excluding tert-OH is 1. The highest BCUT2D eigenvalue weighted by atomic mass is 16.6. The third-order valence-corrected chi connectivity index (χ3v) is 5.90. The van der Waals surface area contributed by atoms with Crippen LogP contribution in [0, 0.1) is 0 Å². The van der Waals surface area contributed by atoms with Crippen molar-refractivity contribution in [2.75, 3.05) is 19.2 Å². The molecule has 1 aliphatic heterocycles. The first-order valence-corrected chi connectivity index (χ1v) is 10.3. The van der Waals surface area contributed by atoms with Gasteiger partial charge in [-0.25, -0.2) is 15.4 Å². The van der Waals surface area contributed by atoms with E-state index >= 15 is 0 Å². The minimum absolute atomic E-state index is 0.0200. The van der Waals surface area contributed by atoms with E-state index in [2.05, 4.69) is 20.4 Å². The Balaban J connectivity index is 1.38. The molecule has 0 bridgehead atoms. The number of benzene rings is 1. The van der Waals surface area contributed by atoms with Gasteiger partial charge in [-0.3, -0.25) is 9.63 Å². The lowest BCUT2D eigenvalue weighted by Crippen LogP contribution is -2.47. The van der Waals surface area contributed by atoms with Crippen molar-refractivity contribution in [3.05, 3.63) is 59.3 Å². The Bertz CT molecular complexity index is 1370. The first-order chi connectivity index (χ1) is 15.9. The Hall–Kier alpha value is -3.51. The van der Waals surface area contributed by atoms with Gasteiger partial charge in [0.25, 0.3) is 0 Å². The van der Waals surface area contributed by atoms with Gasteiger partial charge in [-0.1, -0.05) is 0 Å².